The summed E-state index contributed by atoms with van der Waals surface area (Å²) in [6, 6.07) is 1.18. The van der Waals surface area contributed by atoms with Crippen molar-refractivity contribution >= 4 is 22.4 Å². The number of rotatable bonds is 8. The van der Waals surface area contributed by atoms with E-state index in [0.29, 0.717) is 0 Å². The van der Waals surface area contributed by atoms with E-state index < -0.39 is 0 Å². The van der Waals surface area contributed by atoms with Crippen LogP contribution in [0.1, 0.15) is 13.3 Å². The summed E-state index contributed by atoms with van der Waals surface area (Å²) in [4.78, 5) is 0. The summed E-state index contributed by atoms with van der Waals surface area (Å²) in [6.07, 6.45) is 1.04. The van der Waals surface area contributed by atoms with Gasteiger partial charge in [-0.05, 0) is 25.1 Å². The summed E-state index contributed by atoms with van der Waals surface area (Å²) in [6.45, 7) is 4.54. The molecule has 0 aliphatic rings. The summed E-state index contributed by atoms with van der Waals surface area (Å²) in [5, 5.41) is 0. The Labute approximate surface area is 77.0 Å². The van der Waals surface area contributed by atoms with Crippen LogP contribution in [0.2, 0.25) is 6.04 Å². The van der Waals surface area contributed by atoms with Gasteiger partial charge in [0.25, 0.3) is 0 Å². The molecule has 0 saturated heterocycles. The molecule has 2 nitrogen and oxygen atoms in total. The van der Waals surface area contributed by atoms with Crippen molar-refractivity contribution in [1.82, 2.24) is 0 Å². The predicted octanol–water partition coefficient (Wildman–Crippen LogP) is 0.861. The Morgan fingerprint density at radius 2 is 2.18 bits per heavy atom. The minimum Gasteiger partial charge on any atom is -0.424 e. The largest absolute Gasteiger partial charge is 0.424 e. The maximum absolute atomic E-state index is 5.43. The van der Waals surface area contributed by atoms with E-state index in [-0.39, 0.29) is 9.76 Å². The molecule has 0 atom stereocenters. The highest BCUT2D eigenvalue weighted by atomic mass is 32.1. The third kappa shape index (κ3) is 10.5. The molecule has 0 unspecified atom stereocenters. The molecule has 0 radical (unpaired) electrons. The summed E-state index contributed by atoms with van der Waals surface area (Å²) < 4.78 is 10.6. The quantitative estimate of drug-likeness (QED) is 0.351. The average molecular weight is 194 g/mol. The lowest BCUT2D eigenvalue weighted by Gasteiger charge is -2.02. The fourth-order valence-electron chi connectivity index (χ4n) is 0.676. The standard InChI is InChI=1S/C7H18O2SSi/c1-2-8-4-3-5-9-11-7-6-10/h10H,2-7,11H2,1H3. The molecule has 0 bridgehead atoms. The SMILES string of the molecule is CCOCCCO[SiH2]CCS. The van der Waals surface area contributed by atoms with Gasteiger partial charge in [-0.2, -0.15) is 12.6 Å². The summed E-state index contributed by atoms with van der Waals surface area (Å²) in [5.41, 5.74) is 0. The zero-order valence-corrected chi connectivity index (χ0v) is 9.52. The Hall–Kier alpha value is 0.487. The van der Waals surface area contributed by atoms with E-state index in [1.165, 1.54) is 6.04 Å². The lowest BCUT2D eigenvalue weighted by atomic mass is 10.5. The first kappa shape index (κ1) is 11.5. The Balaban J connectivity index is 2.69. The molecule has 0 aliphatic heterocycles. The van der Waals surface area contributed by atoms with E-state index in [2.05, 4.69) is 12.6 Å². The second-order valence-corrected chi connectivity index (χ2v) is 4.21. The van der Waals surface area contributed by atoms with Gasteiger partial charge < -0.3 is 9.16 Å². The van der Waals surface area contributed by atoms with Gasteiger partial charge in [-0.3, -0.25) is 0 Å². The van der Waals surface area contributed by atoms with Gasteiger partial charge in [-0.15, -0.1) is 0 Å². The molecule has 4 heteroatoms. The Kier molecular flexibility index (Phi) is 11.0. The molecular weight excluding hydrogens is 176 g/mol. The fourth-order valence-corrected chi connectivity index (χ4v) is 1.80. The van der Waals surface area contributed by atoms with Gasteiger partial charge in [0, 0.05) is 19.8 Å². The third-order valence-electron chi connectivity index (χ3n) is 1.23. The van der Waals surface area contributed by atoms with E-state index in [4.69, 9.17) is 9.16 Å². The van der Waals surface area contributed by atoms with E-state index in [1.807, 2.05) is 6.92 Å². The summed E-state index contributed by atoms with van der Waals surface area (Å²) in [5.74, 6) is 0.970. The maximum atomic E-state index is 5.43. The van der Waals surface area contributed by atoms with Gasteiger partial charge in [0.15, 0.2) is 9.76 Å². The minimum atomic E-state index is -0.255. The van der Waals surface area contributed by atoms with Crippen LogP contribution >= 0.6 is 12.6 Å². The average Bonchev–Trinajstić information content (AvgIpc) is 2.03. The van der Waals surface area contributed by atoms with Crippen molar-refractivity contribution in [2.24, 2.45) is 0 Å². The Morgan fingerprint density at radius 1 is 1.36 bits per heavy atom. The summed E-state index contributed by atoms with van der Waals surface area (Å²) in [7, 11) is -0.255. The summed E-state index contributed by atoms with van der Waals surface area (Å²) >= 11 is 4.11. The van der Waals surface area contributed by atoms with E-state index >= 15 is 0 Å². The molecule has 0 heterocycles. The molecule has 0 fully saturated rings. The Morgan fingerprint density at radius 3 is 2.82 bits per heavy atom. The smallest absolute Gasteiger partial charge is 0.162 e. The topological polar surface area (TPSA) is 18.5 Å². The second kappa shape index (κ2) is 10.5. The van der Waals surface area contributed by atoms with Crippen molar-refractivity contribution in [3.8, 4) is 0 Å². The second-order valence-electron chi connectivity index (χ2n) is 2.24. The normalized spacial score (nSPS) is 11.5. The first-order valence-corrected chi connectivity index (χ1v) is 6.39. The first-order valence-electron chi connectivity index (χ1n) is 4.18. The van der Waals surface area contributed by atoms with Gasteiger partial charge in [-0.1, -0.05) is 0 Å². The van der Waals surface area contributed by atoms with Crippen LogP contribution in [0.15, 0.2) is 0 Å². The highest BCUT2D eigenvalue weighted by Crippen LogP contribution is 1.87. The molecule has 0 aromatic rings. The number of hydrogen-bond acceptors (Lipinski definition) is 3. The first-order chi connectivity index (χ1) is 5.41. The fraction of sp³-hybridized carbons (Fsp3) is 1.00. The Bertz CT molecular complexity index is 65.5. The molecule has 0 amide bonds. The molecule has 0 spiro atoms. The van der Waals surface area contributed by atoms with Crippen LogP contribution in [0.4, 0.5) is 0 Å². The van der Waals surface area contributed by atoms with Gasteiger partial charge in [0.2, 0.25) is 0 Å². The van der Waals surface area contributed by atoms with E-state index in [1.54, 1.807) is 0 Å². The molecule has 68 valence electrons. The number of thiol groups is 1. The van der Waals surface area contributed by atoms with Crippen LogP contribution in [0.3, 0.4) is 0 Å². The molecular formula is C7H18O2SSi. The van der Waals surface area contributed by atoms with Crippen molar-refractivity contribution in [3.05, 3.63) is 0 Å². The monoisotopic (exact) mass is 194 g/mol. The molecule has 0 saturated carbocycles. The van der Waals surface area contributed by atoms with Crippen LogP contribution in [0, 0.1) is 0 Å². The van der Waals surface area contributed by atoms with E-state index in [0.717, 1.165) is 32.0 Å². The molecule has 0 N–H and O–H groups in total. The predicted molar refractivity (Wildman–Crippen MR) is 54.3 cm³/mol. The van der Waals surface area contributed by atoms with Crippen molar-refractivity contribution in [3.63, 3.8) is 0 Å². The molecule has 0 aliphatic carbocycles. The highest BCUT2D eigenvalue weighted by molar-refractivity contribution is 7.80. The molecule has 0 rings (SSSR count). The van der Waals surface area contributed by atoms with Crippen molar-refractivity contribution < 1.29 is 9.16 Å². The lowest BCUT2D eigenvalue weighted by Crippen LogP contribution is -2.04. The zero-order chi connectivity index (χ0) is 8.36. The van der Waals surface area contributed by atoms with Crippen LogP contribution in [0.5, 0.6) is 0 Å². The van der Waals surface area contributed by atoms with Crippen molar-refractivity contribution in [1.29, 1.82) is 0 Å². The highest BCUT2D eigenvalue weighted by Gasteiger charge is 1.88. The van der Waals surface area contributed by atoms with Crippen LogP contribution in [-0.4, -0.2) is 35.3 Å². The molecule has 11 heavy (non-hydrogen) atoms. The minimum absolute atomic E-state index is 0.255. The zero-order valence-electron chi connectivity index (χ0n) is 7.21. The molecule has 0 aromatic heterocycles. The van der Waals surface area contributed by atoms with Gasteiger partial charge in [-0.25, -0.2) is 0 Å². The molecule has 0 aromatic carbocycles. The van der Waals surface area contributed by atoms with E-state index in [9.17, 15) is 0 Å². The third-order valence-corrected chi connectivity index (χ3v) is 3.36. The van der Waals surface area contributed by atoms with Crippen molar-refractivity contribution in [2.45, 2.75) is 19.4 Å². The number of ether oxygens (including phenoxy) is 1. The van der Waals surface area contributed by atoms with Gasteiger partial charge in [0.05, 0.1) is 0 Å². The van der Waals surface area contributed by atoms with Gasteiger partial charge >= 0.3 is 0 Å². The van der Waals surface area contributed by atoms with Gasteiger partial charge in [0.1, 0.15) is 0 Å². The number of hydrogen-bond donors (Lipinski definition) is 1. The maximum Gasteiger partial charge on any atom is 0.162 e. The van der Waals surface area contributed by atoms with Crippen LogP contribution < -0.4 is 0 Å². The van der Waals surface area contributed by atoms with Crippen molar-refractivity contribution in [2.75, 3.05) is 25.6 Å². The lowest BCUT2D eigenvalue weighted by molar-refractivity contribution is 0.131. The van der Waals surface area contributed by atoms with Crippen LogP contribution in [0.25, 0.3) is 0 Å². The van der Waals surface area contributed by atoms with Crippen LogP contribution in [-0.2, 0) is 9.16 Å².